The quantitative estimate of drug-likeness (QED) is 0.670. The van der Waals surface area contributed by atoms with E-state index in [0.29, 0.717) is 29.0 Å². The number of benzene rings is 1. The molecule has 2 aliphatic rings. The molecule has 0 spiro atoms. The number of aromatic nitrogens is 2. The average molecular weight is 398 g/mol. The van der Waals surface area contributed by atoms with Crippen LogP contribution in [0.3, 0.4) is 0 Å². The first-order chi connectivity index (χ1) is 14.2. The normalized spacial score (nSPS) is 23.8. The Labute approximate surface area is 169 Å². The Hall–Kier alpha value is -2.58. The molecule has 4 N–H and O–H groups in total. The zero-order valence-corrected chi connectivity index (χ0v) is 16.4. The van der Waals surface area contributed by atoms with Crippen LogP contribution in [0.4, 0.5) is 10.2 Å². The van der Waals surface area contributed by atoms with Gasteiger partial charge >= 0.3 is 0 Å². The number of nitrogens with two attached hydrogens (primary N) is 1. The molecule has 0 atom stereocenters. The first-order valence-electron chi connectivity index (χ1n) is 10.1. The number of halogens is 1. The van der Waals surface area contributed by atoms with Gasteiger partial charge in [0.25, 0.3) is 0 Å². The molecule has 2 aromatic rings. The van der Waals surface area contributed by atoms with Crippen LogP contribution in [0.2, 0.25) is 0 Å². The van der Waals surface area contributed by atoms with Crippen molar-refractivity contribution in [1.82, 2.24) is 14.9 Å². The van der Waals surface area contributed by atoms with E-state index >= 15 is 0 Å². The van der Waals surface area contributed by atoms with Crippen LogP contribution in [0, 0.1) is 11.2 Å². The van der Waals surface area contributed by atoms with E-state index in [1.54, 1.807) is 6.07 Å². The zero-order valence-electron chi connectivity index (χ0n) is 16.4. The van der Waals surface area contributed by atoms with Crippen molar-refractivity contribution in [3.63, 3.8) is 0 Å². The summed E-state index contributed by atoms with van der Waals surface area (Å²) in [5.41, 5.74) is 6.69. The number of hydrogen-bond acceptors (Lipinski definition) is 7. The fourth-order valence-electron chi connectivity index (χ4n) is 4.35. The number of fused-ring (bicyclic) bond motifs is 1. The van der Waals surface area contributed by atoms with Crippen molar-refractivity contribution >= 4 is 28.5 Å². The van der Waals surface area contributed by atoms with Gasteiger partial charge in [-0.2, -0.15) is 0 Å². The Balaban J connectivity index is 1.51. The van der Waals surface area contributed by atoms with Crippen LogP contribution in [-0.4, -0.2) is 59.5 Å². The second-order valence-electron chi connectivity index (χ2n) is 7.64. The van der Waals surface area contributed by atoms with Crippen LogP contribution in [0.25, 0.3) is 16.5 Å². The number of ether oxygens (including phenoxy) is 1. The van der Waals surface area contributed by atoms with Crippen LogP contribution < -0.4 is 11.1 Å². The number of hydrogen-bond donors (Lipinski definition) is 3. The van der Waals surface area contributed by atoms with Crippen molar-refractivity contribution in [3.8, 4) is 0 Å². The summed E-state index contributed by atoms with van der Waals surface area (Å²) in [5, 5.41) is 11.7. The lowest BCUT2D eigenvalue weighted by molar-refractivity contribution is 0.00791. The number of nitrogens with one attached hydrogen (secondary N) is 2. The van der Waals surface area contributed by atoms with E-state index < -0.39 is 5.82 Å². The van der Waals surface area contributed by atoms with E-state index in [4.69, 9.17) is 15.9 Å². The predicted octanol–water partition coefficient (Wildman–Crippen LogP) is 2.77. The molecule has 0 bridgehead atoms. The highest BCUT2D eigenvalue weighted by atomic mass is 19.1. The summed E-state index contributed by atoms with van der Waals surface area (Å²) in [5.74, 6) is 0.251. The number of anilines is 1. The molecule has 7 nitrogen and oxygen atoms in total. The van der Waals surface area contributed by atoms with Gasteiger partial charge in [0.05, 0.1) is 18.7 Å². The number of allylic oxidation sites excluding steroid dienone is 1. The third-order valence-corrected chi connectivity index (χ3v) is 5.97. The highest BCUT2D eigenvalue weighted by Crippen LogP contribution is 2.30. The summed E-state index contributed by atoms with van der Waals surface area (Å²) in [6.07, 6.45) is 8.17. The van der Waals surface area contributed by atoms with Crippen LogP contribution in [0.1, 0.15) is 31.2 Å². The first-order valence-corrected chi connectivity index (χ1v) is 10.1. The van der Waals surface area contributed by atoms with Gasteiger partial charge in [0, 0.05) is 60.2 Å². The van der Waals surface area contributed by atoms with Crippen molar-refractivity contribution in [2.75, 3.05) is 31.6 Å². The van der Waals surface area contributed by atoms with Gasteiger partial charge in [0.2, 0.25) is 0 Å². The van der Waals surface area contributed by atoms with Crippen molar-refractivity contribution in [3.05, 3.63) is 36.0 Å². The first kappa shape index (κ1) is 19.7. The lowest BCUT2D eigenvalue weighted by Gasteiger charge is -2.39. The molecule has 1 saturated carbocycles. The summed E-state index contributed by atoms with van der Waals surface area (Å²) >= 11 is 0. The maximum atomic E-state index is 14.5. The third kappa shape index (κ3) is 4.23. The largest absolute Gasteiger partial charge is 0.404 e. The maximum Gasteiger partial charge on any atom is 0.137 e. The molecule has 2 heterocycles. The minimum absolute atomic E-state index is 0.281. The van der Waals surface area contributed by atoms with Gasteiger partial charge < -0.3 is 21.2 Å². The molecule has 1 aliphatic carbocycles. The molecule has 0 unspecified atom stereocenters. The molecule has 1 aromatic heterocycles. The van der Waals surface area contributed by atoms with E-state index in [1.165, 1.54) is 18.6 Å². The molecular formula is C21H27FN6O. The fourth-order valence-corrected chi connectivity index (χ4v) is 4.35. The lowest BCUT2D eigenvalue weighted by atomic mass is 9.90. The molecule has 2 fully saturated rings. The van der Waals surface area contributed by atoms with Gasteiger partial charge in [0.1, 0.15) is 18.0 Å². The smallest absolute Gasteiger partial charge is 0.137 e. The van der Waals surface area contributed by atoms with Crippen molar-refractivity contribution in [1.29, 1.82) is 5.41 Å². The van der Waals surface area contributed by atoms with Crippen molar-refractivity contribution in [2.24, 2.45) is 5.73 Å². The van der Waals surface area contributed by atoms with Gasteiger partial charge in [0.15, 0.2) is 0 Å². The maximum absolute atomic E-state index is 14.5. The standard InChI is InChI=1S/C21H27FN6O/c22-19-10-20-18(9-17(19)14(11-23)12-24)21(26-13-25-20)27-15-1-3-16(4-2-15)28-5-7-29-8-6-28/h9-13,15-16,23H,1-8,24H2,(H,25,26,27)/b14-12+,23-11?. The second-order valence-corrected chi connectivity index (χ2v) is 7.64. The molecule has 29 heavy (non-hydrogen) atoms. The second kappa shape index (κ2) is 8.84. The molecule has 0 radical (unpaired) electrons. The average Bonchev–Trinajstić information content (AvgIpc) is 2.76. The predicted molar refractivity (Wildman–Crippen MR) is 113 cm³/mol. The Bertz CT molecular complexity index is 903. The molecule has 1 aliphatic heterocycles. The Kier molecular flexibility index (Phi) is 6.01. The Morgan fingerprint density at radius 3 is 2.66 bits per heavy atom. The van der Waals surface area contributed by atoms with Crippen molar-refractivity contribution < 1.29 is 9.13 Å². The number of rotatable bonds is 5. The Morgan fingerprint density at radius 2 is 1.97 bits per heavy atom. The molecule has 1 saturated heterocycles. The van der Waals surface area contributed by atoms with E-state index in [9.17, 15) is 4.39 Å². The third-order valence-electron chi connectivity index (χ3n) is 5.97. The monoisotopic (exact) mass is 398 g/mol. The molecule has 1 aromatic carbocycles. The summed E-state index contributed by atoms with van der Waals surface area (Å²) in [6.45, 7) is 3.72. The van der Waals surface area contributed by atoms with Gasteiger partial charge in [-0.3, -0.25) is 4.90 Å². The Morgan fingerprint density at radius 1 is 1.21 bits per heavy atom. The van der Waals surface area contributed by atoms with Gasteiger partial charge in [-0.15, -0.1) is 0 Å². The van der Waals surface area contributed by atoms with Gasteiger partial charge in [-0.25, -0.2) is 14.4 Å². The SMILES string of the molecule is N=C/C(=C\N)c1cc2c(NC3CCC(N4CCOCC4)CC3)ncnc2cc1F. The van der Waals surface area contributed by atoms with Crippen LogP contribution in [0.15, 0.2) is 24.7 Å². The summed E-state index contributed by atoms with van der Waals surface area (Å²) in [7, 11) is 0. The van der Waals surface area contributed by atoms with E-state index in [2.05, 4.69) is 20.2 Å². The van der Waals surface area contributed by atoms with E-state index in [-0.39, 0.29) is 5.56 Å². The fraction of sp³-hybridized carbons (Fsp3) is 0.476. The highest BCUT2D eigenvalue weighted by Gasteiger charge is 2.27. The highest BCUT2D eigenvalue weighted by molar-refractivity contribution is 6.09. The van der Waals surface area contributed by atoms with Crippen LogP contribution >= 0.6 is 0 Å². The van der Waals surface area contributed by atoms with Crippen LogP contribution in [0.5, 0.6) is 0 Å². The topological polar surface area (TPSA) is 100 Å². The summed E-state index contributed by atoms with van der Waals surface area (Å²) < 4.78 is 19.9. The van der Waals surface area contributed by atoms with Gasteiger partial charge in [-0.05, 0) is 31.7 Å². The lowest BCUT2D eigenvalue weighted by Crippen LogP contribution is -2.46. The minimum atomic E-state index is -0.451. The van der Waals surface area contributed by atoms with E-state index in [0.717, 1.165) is 63.6 Å². The molecule has 154 valence electrons. The summed E-state index contributed by atoms with van der Waals surface area (Å²) in [4.78, 5) is 11.2. The molecule has 0 amide bonds. The molecular weight excluding hydrogens is 371 g/mol. The number of nitrogens with zero attached hydrogens (tertiary/aromatic N) is 3. The van der Waals surface area contributed by atoms with Gasteiger partial charge in [-0.1, -0.05) is 0 Å². The molecule has 8 heteroatoms. The van der Waals surface area contributed by atoms with Crippen LogP contribution in [-0.2, 0) is 4.74 Å². The zero-order chi connectivity index (χ0) is 20.2. The molecule has 4 rings (SSSR count). The van der Waals surface area contributed by atoms with E-state index in [1.807, 2.05) is 0 Å². The summed E-state index contributed by atoms with van der Waals surface area (Å²) in [6, 6.07) is 4.01. The van der Waals surface area contributed by atoms with Crippen molar-refractivity contribution in [2.45, 2.75) is 37.8 Å². The number of morpholine rings is 1. The minimum Gasteiger partial charge on any atom is -0.404 e.